The number of hydrogen-bond donors (Lipinski definition) is 1. The van der Waals surface area contributed by atoms with Gasteiger partial charge in [0.1, 0.15) is 0 Å². The smallest absolute Gasteiger partial charge is 0.349 e. The molecule has 0 atom stereocenters. The summed E-state index contributed by atoms with van der Waals surface area (Å²) in [6.45, 7) is 2.04. The minimum Gasteiger partial charge on any atom is -0.463 e. The van der Waals surface area contributed by atoms with E-state index in [1.54, 1.807) is 6.92 Å². The second kappa shape index (κ2) is 4.60. The van der Waals surface area contributed by atoms with Crippen LogP contribution in [0.2, 0.25) is 0 Å². The maximum Gasteiger partial charge on any atom is 0.349 e. The lowest BCUT2D eigenvalue weighted by atomic mass is 10.3. The van der Waals surface area contributed by atoms with Crippen molar-refractivity contribution in [2.75, 3.05) is 6.61 Å². The fraction of sp³-hybridized carbons (Fsp3) is 0.200. The summed E-state index contributed by atoms with van der Waals surface area (Å²) < 4.78 is 5.85. The van der Waals surface area contributed by atoms with Crippen LogP contribution in [0.3, 0.4) is 0 Å². The van der Waals surface area contributed by atoms with Gasteiger partial charge in [-0.05, 0) is 13.0 Å². The van der Waals surface area contributed by atoms with Crippen molar-refractivity contribution in [2.45, 2.75) is 6.92 Å². The summed E-state index contributed by atoms with van der Waals surface area (Å²) in [6.07, 6.45) is 5.50. The van der Waals surface area contributed by atoms with Gasteiger partial charge in [0, 0.05) is 11.6 Å². The van der Waals surface area contributed by atoms with Crippen molar-refractivity contribution in [1.82, 2.24) is 19.6 Å². The number of aromatic nitrogens is 4. The molecule has 2 heterocycles. The SMILES string of the molecule is CCOC(=O)/C=C/c1cnn2c(=O)[nH]cnc12. The van der Waals surface area contributed by atoms with Crippen LogP contribution in [0.15, 0.2) is 23.4 Å². The first-order chi connectivity index (χ1) is 8.22. The molecule has 7 nitrogen and oxygen atoms in total. The number of H-pyrrole nitrogens is 1. The van der Waals surface area contributed by atoms with E-state index in [1.807, 2.05) is 0 Å². The van der Waals surface area contributed by atoms with Crippen molar-refractivity contribution in [1.29, 1.82) is 0 Å². The fourth-order valence-electron chi connectivity index (χ4n) is 1.31. The summed E-state index contributed by atoms with van der Waals surface area (Å²) in [7, 11) is 0. The number of carbonyl (C=O) groups excluding carboxylic acids is 1. The number of ether oxygens (including phenoxy) is 1. The highest BCUT2D eigenvalue weighted by atomic mass is 16.5. The average Bonchev–Trinajstić information content (AvgIpc) is 2.72. The molecule has 2 aromatic rings. The summed E-state index contributed by atoms with van der Waals surface area (Å²) in [4.78, 5) is 28.8. The summed E-state index contributed by atoms with van der Waals surface area (Å²) in [5.74, 6) is -0.448. The number of nitrogens with one attached hydrogen (secondary N) is 1. The maximum absolute atomic E-state index is 11.3. The third kappa shape index (κ3) is 2.22. The Kier molecular flexibility index (Phi) is 2.99. The summed E-state index contributed by atoms with van der Waals surface area (Å²) in [5.41, 5.74) is 0.573. The molecule has 0 fully saturated rings. The molecule has 0 bridgehead atoms. The summed E-state index contributed by atoms with van der Waals surface area (Å²) >= 11 is 0. The van der Waals surface area contributed by atoms with Crippen LogP contribution in [0.25, 0.3) is 11.7 Å². The molecule has 0 saturated carbocycles. The predicted octanol–water partition coefficient (Wildman–Crippen LogP) is -0.00610. The summed E-state index contributed by atoms with van der Waals surface area (Å²) in [6, 6.07) is 0. The van der Waals surface area contributed by atoms with Gasteiger partial charge in [0.25, 0.3) is 0 Å². The Labute approximate surface area is 95.7 Å². The highest BCUT2D eigenvalue weighted by Crippen LogP contribution is 2.06. The molecule has 0 aliphatic rings. The van der Waals surface area contributed by atoms with E-state index in [-0.39, 0.29) is 5.69 Å². The Hall–Kier alpha value is -2.44. The molecule has 2 aromatic heterocycles. The number of nitrogens with zero attached hydrogens (tertiary/aromatic N) is 3. The molecule has 0 aliphatic carbocycles. The fourth-order valence-corrected chi connectivity index (χ4v) is 1.31. The molecule has 0 unspecified atom stereocenters. The van der Waals surface area contributed by atoms with Gasteiger partial charge in [-0.3, -0.25) is 4.98 Å². The first kappa shape index (κ1) is 11.1. The molecule has 1 N–H and O–H groups in total. The topological polar surface area (TPSA) is 89.3 Å². The highest BCUT2D eigenvalue weighted by molar-refractivity contribution is 5.88. The van der Waals surface area contributed by atoms with Crippen molar-refractivity contribution in [2.24, 2.45) is 0 Å². The maximum atomic E-state index is 11.3. The lowest BCUT2D eigenvalue weighted by Crippen LogP contribution is -2.17. The molecule has 0 aliphatic heterocycles. The Balaban J connectivity index is 2.34. The van der Waals surface area contributed by atoms with Crippen LogP contribution in [0.1, 0.15) is 12.5 Å². The average molecular weight is 234 g/mol. The van der Waals surface area contributed by atoms with Crippen molar-refractivity contribution in [3.63, 3.8) is 0 Å². The van der Waals surface area contributed by atoms with Gasteiger partial charge in [-0.25, -0.2) is 14.6 Å². The minimum atomic E-state index is -0.448. The highest BCUT2D eigenvalue weighted by Gasteiger charge is 2.04. The van der Waals surface area contributed by atoms with Crippen LogP contribution >= 0.6 is 0 Å². The lowest BCUT2D eigenvalue weighted by molar-refractivity contribution is -0.137. The van der Waals surface area contributed by atoms with E-state index < -0.39 is 5.97 Å². The van der Waals surface area contributed by atoms with Gasteiger partial charge >= 0.3 is 11.7 Å². The molecule has 88 valence electrons. The molecule has 0 aromatic carbocycles. The zero-order valence-electron chi connectivity index (χ0n) is 9.08. The van der Waals surface area contributed by atoms with Gasteiger partial charge in [0.15, 0.2) is 5.65 Å². The molecule has 0 amide bonds. The van der Waals surface area contributed by atoms with Crippen molar-refractivity contribution in [3.8, 4) is 0 Å². The van der Waals surface area contributed by atoms with Gasteiger partial charge < -0.3 is 4.74 Å². The molecular weight excluding hydrogens is 224 g/mol. The third-order valence-corrected chi connectivity index (χ3v) is 2.02. The Morgan fingerprint density at radius 3 is 3.24 bits per heavy atom. The lowest BCUT2D eigenvalue weighted by Gasteiger charge is -1.94. The van der Waals surface area contributed by atoms with Crippen LogP contribution in [0, 0.1) is 0 Å². The van der Waals surface area contributed by atoms with Crippen molar-refractivity contribution in [3.05, 3.63) is 34.6 Å². The van der Waals surface area contributed by atoms with Gasteiger partial charge in [-0.2, -0.15) is 9.61 Å². The Morgan fingerprint density at radius 1 is 1.65 bits per heavy atom. The Morgan fingerprint density at radius 2 is 2.47 bits per heavy atom. The summed E-state index contributed by atoms with van der Waals surface area (Å²) in [5, 5.41) is 3.85. The van der Waals surface area contributed by atoms with Crippen molar-refractivity contribution >= 4 is 17.7 Å². The molecular formula is C10H10N4O3. The van der Waals surface area contributed by atoms with E-state index in [4.69, 9.17) is 4.74 Å². The van der Waals surface area contributed by atoms with E-state index in [9.17, 15) is 9.59 Å². The number of esters is 1. The molecule has 7 heteroatoms. The van der Waals surface area contributed by atoms with Crippen LogP contribution in [0.5, 0.6) is 0 Å². The molecule has 2 rings (SSSR count). The first-order valence-corrected chi connectivity index (χ1v) is 4.98. The van der Waals surface area contributed by atoms with E-state index >= 15 is 0 Å². The van der Waals surface area contributed by atoms with Gasteiger partial charge in [-0.1, -0.05) is 0 Å². The second-order valence-electron chi connectivity index (χ2n) is 3.13. The molecule has 0 spiro atoms. The van der Waals surface area contributed by atoms with Crippen LogP contribution in [-0.2, 0) is 9.53 Å². The largest absolute Gasteiger partial charge is 0.463 e. The normalized spacial score (nSPS) is 11.1. The van der Waals surface area contributed by atoms with Gasteiger partial charge in [0.05, 0.1) is 19.1 Å². The third-order valence-electron chi connectivity index (χ3n) is 2.02. The number of aromatic amines is 1. The van der Waals surface area contributed by atoms with Gasteiger partial charge in [0.2, 0.25) is 0 Å². The number of carbonyl (C=O) groups is 1. The van der Waals surface area contributed by atoms with E-state index in [0.717, 1.165) is 4.52 Å². The number of hydrogen-bond acceptors (Lipinski definition) is 5. The zero-order chi connectivity index (χ0) is 12.3. The van der Waals surface area contributed by atoms with Gasteiger partial charge in [-0.15, -0.1) is 0 Å². The first-order valence-electron chi connectivity index (χ1n) is 4.98. The van der Waals surface area contributed by atoms with Crippen LogP contribution in [0.4, 0.5) is 0 Å². The van der Waals surface area contributed by atoms with Crippen LogP contribution in [-0.4, -0.2) is 32.2 Å². The van der Waals surface area contributed by atoms with E-state index in [0.29, 0.717) is 17.8 Å². The Bertz CT molecular complexity index is 626. The standard InChI is InChI=1S/C10H10N4O3/c1-2-17-8(15)4-3-7-5-13-14-9(7)11-6-12-10(14)16/h3-6H,2H2,1H3,(H,11,12,16)/b4-3+. The monoisotopic (exact) mass is 234 g/mol. The van der Waals surface area contributed by atoms with E-state index in [1.165, 1.54) is 24.7 Å². The quantitative estimate of drug-likeness (QED) is 0.596. The second-order valence-corrected chi connectivity index (χ2v) is 3.13. The number of rotatable bonds is 3. The molecule has 0 radical (unpaired) electrons. The number of fused-ring (bicyclic) bond motifs is 1. The van der Waals surface area contributed by atoms with E-state index in [2.05, 4.69) is 15.1 Å². The predicted molar refractivity (Wildman–Crippen MR) is 59.3 cm³/mol. The molecule has 17 heavy (non-hydrogen) atoms. The minimum absolute atomic E-state index is 0.315. The molecule has 0 saturated heterocycles. The zero-order valence-corrected chi connectivity index (χ0v) is 9.08. The van der Waals surface area contributed by atoms with Crippen LogP contribution < -0.4 is 5.69 Å². The van der Waals surface area contributed by atoms with Crippen molar-refractivity contribution < 1.29 is 9.53 Å².